The fourth-order valence-corrected chi connectivity index (χ4v) is 2.60. The van der Waals surface area contributed by atoms with Crippen molar-refractivity contribution in [1.82, 2.24) is 0 Å². The number of hydrogen-bond acceptors (Lipinski definition) is 2. The molecule has 0 bridgehead atoms. The first-order chi connectivity index (χ1) is 8.66. The van der Waals surface area contributed by atoms with Crippen LogP contribution in [0.25, 0.3) is 0 Å². The molecule has 2 nitrogen and oxygen atoms in total. The van der Waals surface area contributed by atoms with Crippen molar-refractivity contribution in [1.29, 1.82) is 0 Å². The fraction of sp³-hybridized carbons (Fsp3) is 0.562. The van der Waals surface area contributed by atoms with Gasteiger partial charge in [-0.05, 0) is 31.7 Å². The van der Waals surface area contributed by atoms with Crippen molar-refractivity contribution in [2.75, 3.05) is 6.61 Å². The smallest absolute Gasteiger partial charge is 0.133 e. The molecule has 0 atom stereocenters. The highest BCUT2D eigenvalue weighted by atomic mass is 16.5. The van der Waals surface area contributed by atoms with E-state index in [2.05, 4.69) is 38.1 Å². The summed E-state index contributed by atoms with van der Waals surface area (Å²) in [5.41, 5.74) is 2.27. The normalized spacial score (nSPS) is 18.9. The van der Waals surface area contributed by atoms with Crippen LogP contribution in [-0.2, 0) is 15.1 Å². The third kappa shape index (κ3) is 2.81. The average Bonchev–Trinajstić information content (AvgIpc) is 2.40. The maximum Gasteiger partial charge on any atom is 0.133 e. The first-order valence-corrected chi connectivity index (χ1v) is 6.89. The fourth-order valence-electron chi connectivity index (χ4n) is 2.60. The van der Waals surface area contributed by atoms with Crippen LogP contribution in [0.2, 0.25) is 0 Å². The number of ether oxygens (including phenoxy) is 1. The van der Waals surface area contributed by atoms with Crippen LogP contribution in [0.5, 0.6) is 0 Å². The van der Waals surface area contributed by atoms with Gasteiger partial charge in [-0.25, -0.2) is 0 Å². The molecule has 0 amide bonds. The van der Waals surface area contributed by atoms with E-state index in [-0.39, 0.29) is 5.60 Å². The zero-order valence-electron chi connectivity index (χ0n) is 11.4. The number of carbonyl (C=O) groups is 1. The van der Waals surface area contributed by atoms with Crippen molar-refractivity contribution in [3.8, 4) is 0 Å². The van der Waals surface area contributed by atoms with E-state index in [4.69, 9.17) is 4.74 Å². The molecule has 1 aliphatic carbocycles. The maximum atomic E-state index is 11.5. The summed E-state index contributed by atoms with van der Waals surface area (Å²) in [6, 6.07) is 8.56. The lowest BCUT2D eigenvalue weighted by Gasteiger charge is -2.37. The Bertz CT molecular complexity index is 396. The molecule has 0 N–H and O–H groups in total. The van der Waals surface area contributed by atoms with Gasteiger partial charge in [0.15, 0.2) is 0 Å². The lowest BCUT2D eigenvalue weighted by molar-refractivity contribution is -0.130. The molecule has 0 heterocycles. The van der Waals surface area contributed by atoms with E-state index in [9.17, 15) is 4.79 Å². The van der Waals surface area contributed by atoms with Gasteiger partial charge in [0, 0.05) is 19.4 Å². The highest BCUT2D eigenvalue weighted by molar-refractivity contribution is 5.79. The van der Waals surface area contributed by atoms with Gasteiger partial charge in [-0.3, -0.25) is 4.79 Å². The van der Waals surface area contributed by atoms with E-state index in [1.807, 2.05) is 0 Å². The molecule has 98 valence electrons. The van der Waals surface area contributed by atoms with E-state index in [1.165, 1.54) is 11.1 Å². The lowest BCUT2D eigenvalue weighted by Crippen LogP contribution is -2.35. The lowest BCUT2D eigenvalue weighted by atomic mass is 9.78. The largest absolute Gasteiger partial charge is 0.370 e. The molecule has 0 saturated heterocycles. The van der Waals surface area contributed by atoms with Gasteiger partial charge in [0.2, 0.25) is 0 Å². The molecule has 18 heavy (non-hydrogen) atoms. The van der Waals surface area contributed by atoms with Crippen LogP contribution in [0.3, 0.4) is 0 Å². The van der Waals surface area contributed by atoms with Crippen LogP contribution in [0.1, 0.15) is 50.2 Å². The van der Waals surface area contributed by atoms with Crippen molar-refractivity contribution >= 4 is 5.78 Å². The van der Waals surface area contributed by atoms with E-state index in [0.29, 0.717) is 18.6 Å². The standard InChI is InChI=1S/C16H22O2/c1-3-12-18-16(10-8-15(17)9-11-16)14-6-4-13(2)5-7-14/h4-7H,3,8-12H2,1-2H3. The second-order valence-electron chi connectivity index (χ2n) is 5.25. The number of Topliss-reactive ketones (excluding diaryl/α,β-unsaturated/α-hetero) is 1. The van der Waals surface area contributed by atoms with Gasteiger partial charge >= 0.3 is 0 Å². The Balaban J connectivity index is 2.23. The molecule has 1 saturated carbocycles. The van der Waals surface area contributed by atoms with E-state index in [0.717, 1.165) is 25.9 Å². The molecule has 0 radical (unpaired) electrons. The Morgan fingerprint density at radius 3 is 2.33 bits per heavy atom. The summed E-state index contributed by atoms with van der Waals surface area (Å²) in [7, 11) is 0. The zero-order chi connectivity index (χ0) is 13.0. The molecule has 0 aliphatic heterocycles. The Labute approximate surface area is 109 Å². The topological polar surface area (TPSA) is 26.3 Å². The highest BCUT2D eigenvalue weighted by Crippen LogP contribution is 2.39. The molecule has 0 aromatic heterocycles. The van der Waals surface area contributed by atoms with Crippen LogP contribution >= 0.6 is 0 Å². The number of ketones is 1. The number of benzene rings is 1. The molecular weight excluding hydrogens is 224 g/mol. The molecule has 2 heteroatoms. The Morgan fingerprint density at radius 2 is 1.78 bits per heavy atom. The monoisotopic (exact) mass is 246 g/mol. The molecule has 1 aliphatic rings. The summed E-state index contributed by atoms with van der Waals surface area (Å²) >= 11 is 0. The average molecular weight is 246 g/mol. The zero-order valence-corrected chi connectivity index (χ0v) is 11.4. The van der Waals surface area contributed by atoms with Gasteiger partial charge in [-0.15, -0.1) is 0 Å². The van der Waals surface area contributed by atoms with Gasteiger partial charge < -0.3 is 4.74 Å². The number of aryl methyl sites for hydroxylation is 1. The van der Waals surface area contributed by atoms with E-state index in [1.54, 1.807) is 0 Å². The van der Waals surface area contributed by atoms with E-state index >= 15 is 0 Å². The predicted octanol–water partition coefficient (Wildman–Crippen LogP) is 3.76. The van der Waals surface area contributed by atoms with Crippen molar-refractivity contribution in [2.45, 2.75) is 51.6 Å². The van der Waals surface area contributed by atoms with Gasteiger partial charge in [-0.1, -0.05) is 36.8 Å². The molecule has 0 unspecified atom stereocenters. The molecule has 1 fully saturated rings. The summed E-state index contributed by atoms with van der Waals surface area (Å²) in [5.74, 6) is 0.373. The number of hydrogen-bond donors (Lipinski definition) is 0. The molecule has 0 spiro atoms. The third-order valence-electron chi connectivity index (χ3n) is 3.78. The van der Waals surface area contributed by atoms with Gasteiger partial charge in [0.1, 0.15) is 5.78 Å². The summed E-state index contributed by atoms with van der Waals surface area (Å²) in [6.45, 7) is 4.98. The predicted molar refractivity (Wildman–Crippen MR) is 72.6 cm³/mol. The minimum atomic E-state index is -0.225. The minimum absolute atomic E-state index is 0.225. The Hall–Kier alpha value is -1.15. The minimum Gasteiger partial charge on any atom is -0.370 e. The van der Waals surface area contributed by atoms with Crippen LogP contribution in [0.15, 0.2) is 24.3 Å². The third-order valence-corrected chi connectivity index (χ3v) is 3.78. The van der Waals surface area contributed by atoms with Crippen molar-refractivity contribution < 1.29 is 9.53 Å². The van der Waals surface area contributed by atoms with Crippen LogP contribution in [-0.4, -0.2) is 12.4 Å². The molecule has 1 aromatic rings. The van der Waals surface area contributed by atoms with Gasteiger partial charge in [0.05, 0.1) is 5.60 Å². The second-order valence-corrected chi connectivity index (χ2v) is 5.25. The summed E-state index contributed by atoms with van der Waals surface area (Å²) in [4.78, 5) is 11.5. The van der Waals surface area contributed by atoms with Crippen LogP contribution < -0.4 is 0 Å². The molecule has 1 aromatic carbocycles. The van der Waals surface area contributed by atoms with Gasteiger partial charge in [-0.2, -0.15) is 0 Å². The molecular formula is C16H22O2. The number of carbonyl (C=O) groups excluding carboxylic acids is 1. The van der Waals surface area contributed by atoms with Crippen molar-refractivity contribution in [3.63, 3.8) is 0 Å². The van der Waals surface area contributed by atoms with Crippen molar-refractivity contribution in [2.24, 2.45) is 0 Å². The van der Waals surface area contributed by atoms with Crippen LogP contribution in [0, 0.1) is 6.92 Å². The second kappa shape index (κ2) is 5.66. The van der Waals surface area contributed by atoms with Gasteiger partial charge in [0.25, 0.3) is 0 Å². The summed E-state index contributed by atoms with van der Waals surface area (Å²) in [5, 5.41) is 0. The Kier molecular flexibility index (Phi) is 4.18. The Morgan fingerprint density at radius 1 is 1.17 bits per heavy atom. The maximum absolute atomic E-state index is 11.5. The summed E-state index contributed by atoms with van der Waals surface area (Å²) in [6.07, 6.45) is 3.97. The number of rotatable bonds is 4. The SMILES string of the molecule is CCCOC1(c2ccc(C)cc2)CCC(=O)CC1. The first kappa shape index (κ1) is 13.3. The highest BCUT2D eigenvalue weighted by Gasteiger charge is 2.37. The quantitative estimate of drug-likeness (QED) is 0.808. The van der Waals surface area contributed by atoms with E-state index < -0.39 is 0 Å². The van der Waals surface area contributed by atoms with Crippen LogP contribution in [0.4, 0.5) is 0 Å². The summed E-state index contributed by atoms with van der Waals surface area (Å²) < 4.78 is 6.14. The molecule has 2 rings (SSSR count). The first-order valence-electron chi connectivity index (χ1n) is 6.89. The van der Waals surface area contributed by atoms with Crippen molar-refractivity contribution in [3.05, 3.63) is 35.4 Å².